The van der Waals surface area contributed by atoms with Crippen molar-refractivity contribution in [2.24, 2.45) is 0 Å². The fraction of sp³-hybridized carbons (Fsp3) is 0.211. The van der Waals surface area contributed by atoms with Gasteiger partial charge >= 0.3 is 5.97 Å². The lowest BCUT2D eigenvalue weighted by molar-refractivity contribution is -0.696. The van der Waals surface area contributed by atoms with Gasteiger partial charge in [0.15, 0.2) is 18.9 Å². The normalized spacial score (nSPS) is 10.0. The first-order chi connectivity index (χ1) is 11.6. The van der Waals surface area contributed by atoms with Gasteiger partial charge in [-0.25, -0.2) is 9.36 Å². The lowest BCUT2D eigenvalue weighted by Crippen LogP contribution is -2.41. The van der Waals surface area contributed by atoms with E-state index in [1.165, 1.54) is 0 Å². The van der Waals surface area contributed by atoms with Gasteiger partial charge in [0.25, 0.3) is 0 Å². The van der Waals surface area contributed by atoms with Crippen LogP contribution in [0.3, 0.4) is 0 Å². The van der Waals surface area contributed by atoms with Crippen molar-refractivity contribution in [1.29, 1.82) is 0 Å². The Morgan fingerprint density at radius 3 is 2.42 bits per heavy atom. The average molecular weight is 325 g/mol. The molecule has 1 aromatic heterocycles. The fourth-order valence-electron chi connectivity index (χ4n) is 2.21. The molecule has 2 aromatic rings. The maximum atomic E-state index is 11.9. The van der Waals surface area contributed by atoms with Crippen molar-refractivity contribution in [3.63, 3.8) is 0 Å². The highest BCUT2D eigenvalue weighted by Gasteiger charge is 2.12. The van der Waals surface area contributed by atoms with Gasteiger partial charge in [-0.05, 0) is 17.7 Å². The van der Waals surface area contributed by atoms with Gasteiger partial charge in [-0.1, -0.05) is 24.8 Å². The van der Waals surface area contributed by atoms with Gasteiger partial charge in [-0.15, -0.1) is 0 Å². The molecule has 0 bridgehead atoms. The first-order valence-electron chi connectivity index (χ1n) is 7.71. The highest BCUT2D eigenvalue weighted by Crippen LogP contribution is 2.14. The van der Waals surface area contributed by atoms with Crippen LogP contribution in [0.2, 0.25) is 0 Å². The monoisotopic (exact) mass is 325 g/mol. The number of ether oxygens (including phenoxy) is 1. The minimum atomic E-state index is -0.493. The van der Waals surface area contributed by atoms with E-state index in [1.54, 1.807) is 24.0 Å². The van der Waals surface area contributed by atoms with E-state index in [2.05, 4.69) is 6.58 Å². The third kappa shape index (κ3) is 5.35. The highest BCUT2D eigenvalue weighted by atomic mass is 16.5. The molecule has 0 fully saturated rings. The molecule has 0 radical (unpaired) electrons. The molecule has 1 heterocycles. The lowest BCUT2D eigenvalue weighted by atomic mass is 10.2. The zero-order valence-electron chi connectivity index (χ0n) is 13.7. The molecule has 124 valence electrons. The predicted molar refractivity (Wildman–Crippen MR) is 90.0 cm³/mol. The lowest BCUT2D eigenvalue weighted by Gasteiger charge is -2.19. The molecule has 0 spiro atoms. The van der Waals surface area contributed by atoms with Gasteiger partial charge in [0.1, 0.15) is 5.75 Å². The molecule has 0 atom stereocenters. The SMILES string of the molecule is C=CC(=O)Oc1ccc(CN(CC[n+]2ccccc2)C(C)=O)cc1. The van der Waals surface area contributed by atoms with Crippen LogP contribution in [-0.2, 0) is 22.7 Å². The molecular weight excluding hydrogens is 304 g/mol. The molecule has 0 aliphatic rings. The van der Waals surface area contributed by atoms with Crippen LogP contribution in [0.5, 0.6) is 5.75 Å². The molecule has 2 rings (SSSR count). The summed E-state index contributed by atoms with van der Waals surface area (Å²) < 4.78 is 7.07. The maximum absolute atomic E-state index is 11.9. The molecule has 0 N–H and O–H groups in total. The largest absolute Gasteiger partial charge is 0.423 e. The van der Waals surface area contributed by atoms with Crippen LogP contribution in [0.4, 0.5) is 0 Å². The Labute approximate surface area is 141 Å². The summed E-state index contributed by atoms with van der Waals surface area (Å²) >= 11 is 0. The van der Waals surface area contributed by atoms with Crippen LogP contribution in [0, 0.1) is 0 Å². The summed E-state index contributed by atoms with van der Waals surface area (Å²) in [6.45, 7) is 6.79. The van der Waals surface area contributed by atoms with Gasteiger partial charge < -0.3 is 9.64 Å². The summed E-state index contributed by atoms with van der Waals surface area (Å²) in [5.41, 5.74) is 0.974. The number of nitrogens with zero attached hydrogens (tertiary/aromatic N) is 2. The Hall–Kier alpha value is -2.95. The Morgan fingerprint density at radius 1 is 1.17 bits per heavy atom. The Kier molecular flexibility index (Phi) is 6.25. The van der Waals surface area contributed by atoms with Crippen LogP contribution in [0.25, 0.3) is 0 Å². The van der Waals surface area contributed by atoms with Crippen molar-refractivity contribution in [2.75, 3.05) is 6.54 Å². The third-order valence-corrected chi connectivity index (χ3v) is 3.53. The predicted octanol–water partition coefficient (Wildman–Crippen LogP) is 2.11. The van der Waals surface area contributed by atoms with Gasteiger partial charge in [0.2, 0.25) is 5.91 Å². The number of benzene rings is 1. The number of rotatable bonds is 7. The number of esters is 1. The summed E-state index contributed by atoms with van der Waals surface area (Å²) in [5.74, 6) is -0.0143. The summed E-state index contributed by atoms with van der Waals surface area (Å²) in [5, 5.41) is 0. The molecule has 0 saturated heterocycles. The Balaban J connectivity index is 1.96. The molecule has 5 heteroatoms. The second kappa shape index (κ2) is 8.62. The molecule has 0 aliphatic heterocycles. The summed E-state index contributed by atoms with van der Waals surface area (Å²) in [7, 11) is 0. The summed E-state index contributed by atoms with van der Waals surface area (Å²) in [4.78, 5) is 24.8. The van der Waals surface area contributed by atoms with E-state index in [0.29, 0.717) is 18.8 Å². The molecule has 24 heavy (non-hydrogen) atoms. The molecule has 5 nitrogen and oxygen atoms in total. The first-order valence-corrected chi connectivity index (χ1v) is 7.71. The van der Waals surface area contributed by atoms with Crippen molar-refractivity contribution in [1.82, 2.24) is 4.90 Å². The van der Waals surface area contributed by atoms with Crippen LogP contribution < -0.4 is 9.30 Å². The number of amides is 1. The van der Waals surface area contributed by atoms with Crippen molar-refractivity contribution >= 4 is 11.9 Å². The van der Waals surface area contributed by atoms with Crippen LogP contribution >= 0.6 is 0 Å². The zero-order valence-corrected chi connectivity index (χ0v) is 13.7. The molecule has 0 aliphatic carbocycles. The van der Waals surface area contributed by atoms with Crippen LogP contribution in [0.1, 0.15) is 12.5 Å². The Morgan fingerprint density at radius 2 is 1.83 bits per heavy atom. The zero-order chi connectivity index (χ0) is 17.4. The van der Waals surface area contributed by atoms with E-state index >= 15 is 0 Å². The van der Waals surface area contributed by atoms with Crippen molar-refractivity contribution in [3.05, 3.63) is 73.1 Å². The van der Waals surface area contributed by atoms with Crippen LogP contribution in [0.15, 0.2) is 67.5 Å². The van der Waals surface area contributed by atoms with Gasteiger partial charge in [-0.3, -0.25) is 4.79 Å². The van der Waals surface area contributed by atoms with E-state index in [-0.39, 0.29) is 5.91 Å². The number of carbonyl (C=O) groups is 2. The molecule has 0 saturated carbocycles. The summed E-state index contributed by atoms with van der Waals surface area (Å²) in [6.07, 6.45) is 5.06. The van der Waals surface area contributed by atoms with Crippen LogP contribution in [-0.4, -0.2) is 23.3 Å². The maximum Gasteiger partial charge on any atom is 0.335 e. The number of hydrogen-bond acceptors (Lipinski definition) is 3. The second-order valence-corrected chi connectivity index (χ2v) is 5.32. The molecular formula is C19H21N2O3+. The van der Waals surface area contributed by atoms with E-state index in [1.807, 2.05) is 47.3 Å². The minimum absolute atomic E-state index is 0.0219. The minimum Gasteiger partial charge on any atom is -0.423 e. The standard InChI is InChI=1S/C19H21N2O3/c1-3-19(23)24-18-9-7-17(8-10-18)15-21(16(2)22)14-13-20-11-5-4-6-12-20/h3-12H,1,13-15H2,2H3/q+1. The number of hydrogen-bond donors (Lipinski definition) is 0. The van der Waals surface area contributed by atoms with E-state index in [9.17, 15) is 9.59 Å². The van der Waals surface area contributed by atoms with Crippen molar-refractivity contribution in [2.45, 2.75) is 20.0 Å². The number of carbonyl (C=O) groups excluding carboxylic acids is 2. The molecule has 1 amide bonds. The van der Waals surface area contributed by atoms with E-state index in [0.717, 1.165) is 18.2 Å². The smallest absolute Gasteiger partial charge is 0.335 e. The number of aromatic nitrogens is 1. The number of pyridine rings is 1. The molecule has 1 aromatic carbocycles. The average Bonchev–Trinajstić information content (AvgIpc) is 2.60. The van der Waals surface area contributed by atoms with Gasteiger partial charge in [0.05, 0.1) is 6.54 Å². The second-order valence-electron chi connectivity index (χ2n) is 5.32. The van der Waals surface area contributed by atoms with E-state index < -0.39 is 5.97 Å². The topological polar surface area (TPSA) is 50.5 Å². The quantitative estimate of drug-likeness (QED) is 0.339. The Bertz CT molecular complexity index is 696. The highest BCUT2D eigenvalue weighted by molar-refractivity contribution is 5.83. The first kappa shape index (κ1) is 17.4. The van der Waals surface area contributed by atoms with Crippen molar-refractivity contribution < 1.29 is 18.9 Å². The third-order valence-electron chi connectivity index (χ3n) is 3.53. The van der Waals surface area contributed by atoms with Gasteiger partial charge in [-0.2, -0.15) is 0 Å². The molecule has 0 unspecified atom stereocenters. The summed E-state index contributed by atoms with van der Waals surface area (Å²) in [6, 6.07) is 13.0. The fourth-order valence-corrected chi connectivity index (χ4v) is 2.21. The van der Waals surface area contributed by atoms with Crippen molar-refractivity contribution in [3.8, 4) is 5.75 Å². The van der Waals surface area contributed by atoms with E-state index in [4.69, 9.17) is 4.74 Å². The van der Waals surface area contributed by atoms with Gasteiger partial charge in [0, 0.05) is 31.7 Å².